The lowest BCUT2D eigenvalue weighted by molar-refractivity contribution is 0.122. The van der Waals surface area contributed by atoms with E-state index in [0.29, 0.717) is 50.0 Å². The zero-order valence-corrected chi connectivity index (χ0v) is 14.8. The van der Waals surface area contributed by atoms with Crippen molar-refractivity contribution in [2.75, 3.05) is 31.2 Å². The number of ether oxygens (including phenoxy) is 1. The molecule has 2 aromatic carbocycles. The van der Waals surface area contributed by atoms with E-state index >= 15 is 0 Å². The van der Waals surface area contributed by atoms with Gasteiger partial charge in [-0.15, -0.1) is 0 Å². The summed E-state index contributed by atoms with van der Waals surface area (Å²) in [6, 6.07) is 14.6. The number of hydrogen-bond acceptors (Lipinski definition) is 5. The third kappa shape index (κ3) is 2.96. The summed E-state index contributed by atoms with van der Waals surface area (Å²) in [6.07, 6.45) is 1.69. The summed E-state index contributed by atoms with van der Waals surface area (Å²) < 4.78 is 7.21. The average molecular weight is 361 g/mol. The van der Waals surface area contributed by atoms with Crippen LogP contribution in [0, 0.1) is 0 Å². The summed E-state index contributed by atoms with van der Waals surface area (Å²) in [5.41, 5.74) is 1.92. The molecule has 0 unspecified atom stereocenters. The number of aromatic nitrogens is 4. The van der Waals surface area contributed by atoms with Gasteiger partial charge in [-0.3, -0.25) is 9.78 Å². The highest BCUT2D eigenvalue weighted by Gasteiger charge is 2.17. The van der Waals surface area contributed by atoms with Gasteiger partial charge in [0.1, 0.15) is 0 Å². The Morgan fingerprint density at radius 1 is 1.07 bits per heavy atom. The fraction of sp³-hybridized carbons (Fsp3) is 0.250. The molecule has 4 aromatic rings. The van der Waals surface area contributed by atoms with E-state index in [9.17, 15) is 4.79 Å². The van der Waals surface area contributed by atoms with Crippen LogP contribution in [0.25, 0.3) is 21.9 Å². The van der Waals surface area contributed by atoms with Gasteiger partial charge in [0.2, 0.25) is 5.95 Å². The molecule has 0 bridgehead atoms. The molecule has 1 aliphatic heterocycles. The molecule has 2 aromatic heterocycles. The molecule has 0 atom stereocenters. The largest absolute Gasteiger partial charge is 0.378 e. The van der Waals surface area contributed by atoms with Gasteiger partial charge >= 0.3 is 0 Å². The smallest absolute Gasteiger partial charge is 0.278 e. The van der Waals surface area contributed by atoms with Crippen LogP contribution >= 0.6 is 0 Å². The highest BCUT2D eigenvalue weighted by atomic mass is 16.5. The van der Waals surface area contributed by atoms with Gasteiger partial charge < -0.3 is 14.2 Å². The van der Waals surface area contributed by atoms with E-state index in [1.54, 1.807) is 6.33 Å². The van der Waals surface area contributed by atoms with E-state index in [1.165, 1.54) is 10.8 Å². The number of nitrogens with one attached hydrogen (secondary N) is 1. The van der Waals surface area contributed by atoms with Crippen molar-refractivity contribution in [3.05, 3.63) is 64.7 Å². The first-order valence-electron chi connectivity index (χ1n) is 9.03. The maximum atomic E-state index is 12.7. The molecule has 1 saturated heterocycles. The molecule has 1 aliphatic rings. The fourth-order valence-corrected chi connectivity index (χ4v) is 3.55. The quantitative estimate of drug-likeness (QED) is 0.605. The number of morpholine rings is 1. The van der Waals surface area contributed by atoms with E-state index < -0.39 is 0 Å². The minimum atomic E-state index is -0.167. The number of H-pyrrole nitrogens is 1. The molecule has 7 nitrogen and oxygen atoms in total. The number of benzene rings is 2. The molecule has 5 rings (SSSR count). The van der Waals surface area contributed by atoms with Gasteiger partial charge in [-0.1, -0.05) is 36.4 Å². The van der Waals surface area contributed by atoms with Crippen LogP contribution in [0.1, 0.15) is 5.56 Å². The Balaban J connectivity index is 1.50. The molecule has 3 heterocycles. The van der Waals surface area contributed by atoms with Crippen molar-refractivity contribution in [3.63, 3.8) is 0 Å². The van der Waals surface area contributed by atoms with Crippen LogP contribution in [-0.2, 0) is 11.3 Å². The SMILES string of the molecule is O=c1[nH]c(N2CCOCC2)nc2ncn(Cc3ccc4ccccc4c3)c12. The zero-order valence-electron chi connectivity index (χ0n) is 14.8. The number of hydrogen-bond donors (Lipinski definition) is 1. The molecule has 136 valence electrons. The van der Waals surface area contributed by atoms with Gasteiger partial charge in [0.15, 0.2) is 11.2 Å². The first kappa shape index (κ1) is 16.0. The minimum absolute atomic E-state index is 0.167. The van der Waals surface area contributed by atoms with Crippen LogP contribution in [-0.4, -0.2) is 45.8 Å². The van der Waals surface area contributed by atoms with Crippen LogP contribution in [0.4, 0.5) is 5.95 Å². The summed E-state index contributed by atoms with van der Waals surface area (Å²) in [4.78, 5) is 26.6. The first-order valence-corrected chi connectivity index (χ1v) is 9.03. The highest BCUT2D eigenvalue weighted by molar-refractivity contribution is 5.83. The Morgan fingerprint density at radius 3 is 2.74 bits per heavy atom. The third-order valence-corrected chi connectivity index (χ3v) is 4.95. The van der Waals surface area contributed by atoms with Gasteiger partial charge in [-0.2, -0.15) is 4.98 Å². The molecule has 1 fully saturated rings. The maximum absolute atomic E-state index is 12.7. The molecule has 0 amide bonds. The van der Waals surface area contributed by atoms with Crippen molar-refractivity contribution in [1.29, 1.82) is 0 Å². The normalized spacial score (nSPS) is 14.9. The highest BCUT2D eigenvalue weighted by Crippen LogP contribution is 2.18. The van der Waals surface area contributed by atoms with Crippen molar-refractivity contribution in [3.8, 4) is 0 Å². The third-order valence-electron chi connectivity index (χ3n) is 4.95. The summed E-state index contributed by atoms with van der Waals surface area (Å²) in [5, 5.41) is 2.38. The second kappa shape index (κ2) is 6.51. The lowest BCUT2D eigenvalue weighted by atomic mass is 10.1. The van der Waals surface area contributed by atoms with Gasteiger partial charge in [0, 0.05) is 19.6 Å². The Morgan fingerprint density at radius 2 is 1.89 bits per heavy atom. The standard InChI is InChI=1S/C20H19N5O2/c26-19-17-18(22-20(23-19)24-7-9-27-10-8-24)21-13-25(17)12-14-5-6-15-3-1-2-4-16(15)11-14/h1-6,11,13H,7-10,12H2,(H,22,23,26). The number of nitrogens with zero attached hydrogens (tertiary/aromatic N) is 4. The molecule has 0 aliphatic carbocycles. The van der Waals surface area contributed by atoms with Crippen LogP contribution in [0.5, 0.6) is 0 Å². The van der Waals surface area contributed by atoms with Gasteiger partial charge in [0.05, 0.1) is 19.5 Å². The summed E-state index contributed by atoms with van der Waals surface area (Å²) in [7, 11) is 0. The number of imidazole rings is 1. The van der Waals surface area contributed by atoms with E-state index in [-0.39, 0.29) is 5.56 Å². The van der Waals surface area contributed by atoms with Crippen molar-refractivity contribution >= 4 is 27.9 Å². The van der Waals surface area contributed by atoms with Crippen LogP contribution in [0.15, 0.2) is 53.6 Å². The predicted molar refractivity (Wildman–Crippen MR) is 104 cm³/mol. The molecule has 0 radical (unpaired) electrons. The zero-order chi connectivity index (χ0) is 18.2. The molecular weight excluding hydrogens is 342 g/mol. The molecular formula is C20H19N5O2. The Bertz CT molecular complexity index is 1170. The second-order valence-electron chi connectivity index (χ2n) is 6.72. The monoisotopic (exact) mass is 361 g/mol. The number of fused-ring (bicyclic) bond motifs is 2. The average Bonchev–Trinajstić information content (AvgIpc) is 3.12. The first-order chi connectivity index (χ1) is 13.3. The van der Waals surface area contributed by atoms with Crippen molar-refractivity contribution in [2.24, 2.45) is 0 Å². The Kier molecular flexibility index (Phi) is 3.86. The van der Waals surface area contributed by atoms with E-state index in [0.717, 1.165) is 5.56 Å². The Hall–Kier alpha value is -3.19. The van der Waals surface area contributed by atoms with Crippen molar-refractivity contribution < 1.29 is 4.74 Å². The van der Waals surface area contributed by atoms with Gasteiger partial charge in [-0.05, 0) is 22.4 Å². The second-order valence-corrected chi connectivity index (χ2v) is 6.72. The van der Waals surface area contributed by atoms with Crippen molar-refractivity contribution in [2.45, 2.75) is 6.54 Å². The van der Waals surface area contributed by atoms with E-state index in [4.69, 9.17) is 4.74 Å². The molecule has 7 heteroatoms. The molecule has 1 N–H and O–H groups in total. The summed E-state index contributed by atoms with van der Waals surface area (Å²) >= 11 is 0. The minimum Gasteiger partial charge on any atom is -0.378 e. The van der Waals surface area contributed by atoms with Gasteiger partial charge in [0.25, 0.3) is 5.56 Å². The number of aromatic amines is 1. The molecule has 0 spiro atoms. The molecule has 27 heavy (non-hydrogen) atoms. The van der Waals surface area contributed by atoms with Crippen LogP contribution in [0.2, 0.25) is 0 Å². The van der Waals surface area contributed by atoms with E-state index in [1.807, 2.05) is 21.6 Å². The fourth-order valence-electron chi connectivity index (χ4n) is 3.55. The van der Waals surface area contributed by atoms with Crippen LogP contribution < -0.4 is 10.5 Å². The summed E-state index contributed by atoms with van der Waals surface area (Å²) in [5.74, 6) is 0.562. The van der Waals surface area contributed by atoms with Crippen molar-refractivity contribution in [1.82, 2.24) is 19.5 Å². The van der Waals surface area contributed by atoms with E-state index in [2.05, 4.69) is 45.3 Å². The maximum Gasteiger partial charge on any atom is 0.278 e. The lowest BCUT2D eigenvalue weighted by Gasteiger charge is -2.26. The number of rotatable bonds is 3. The molecule has 0 saturated carbocycles. The van der Waals surface area contributed by atoms with Crippen LogP contribution in [0.3, 0.4) is 0 Å². The summed E-state index contributed by atoms with van der Waals surface area (Å²) in [6.45, 7) is 3.28. The van der Waals surface area contributed by atoms with Gasteiger partial charge in [-0.25, -0.2) is 4.98 Å². The predicted octanol–water partition coefficient (Wildman–Crippen LogP) is 2.16. The topological polar surface area (TPSA) is 76.0 Å². The Labute approximate surface area is 155 Å². The number of anilines is 1. The lowest BCUT2D eigenvalue weighted by Crippen LogP contribution is -2.38.